The smallest absolute Gasteiger partial charge is 0.333 e. The van der Waals surface area contributed by atoms with E-state index in [0.717, 1.165) is 58.6 Å². The lowest BCUT2D eigenvalue weighted by Crippen LogP contribution is -2.27. The predicted molar refractivity (Wildman–Crippen MR) is 156 cm³/mol. The number of H-pyrrole nitrogens is 1. The molecule has 9 nitrogen and oxygen atoms in total. The zero-order chi connectivity index (χ0) is 28.3. The number of tetrazole rings is 1. The second kappa shape index (κ2) is 11.3. The van der Waals surface area contributed by atoms with Crippen molar-refractivity contribution < 1.29 is 4.74 Å². The number of nitrogens with one attached hydrogen (secondary N) is 1. The summed E-state index contributed by atoms with van der Waals surface area (Å²) >= 11 is 0. The van der Waals surface area contributed by atoms with Gasteiger partial charge in [-0.25, -0.2) is 9.89 Å². The second-order valence-electron chi connectivity index (χ2n) is 10.9. The van der Waals surface area contributed by atoms with Crippen molar-refractivity contribution in [3.63, 3.8) is 0 Å². The Hall–Kier alpha value is -4.53. The molecule has 0 aliphatic rings. The average molecular weight is 538 g/mol. The van der Waals surface area contributed by atoms with E-state index < -0.39 is 0 Å². The largest absolute Gasteiger partial charge is 0.495 e. The van der Waals surface area contributed by atoms with Crippen LogP contribution < -0.4 is 10.4 Å². The van der Waals surface area contributed by atoms with Crippen molar-refractivity contribution in [3.05, 3.63) is 94.3 Å². The Morgan fingerprint density at radius 1 is 1.00 bits per heavy atom. The number of hydrogen-bond acceptors (Lipinski definition) is 6. The van der Waals surface area contributed by atoms with Crippen LogP contribution in [-0.4, -0.2) is 41.9 Å². The Morgan fingerprint density at radius 3 is 2.48 bits per heavy atom. The van der Waals surface area contributed by atoms with E-state index in [0.29, 0.717) is 18.1 Å². The summed E-state index contributed by atoms with van der Waals surface area (Å²) in [5.41, 5.74) is 6.45. The van der Waals surface area contributed by atoms with Crippen LogP contribution in [0.3, 0.4) is 0 Å². The van der Waals surface area contributed by atoms with Gasteiger partial charge in [0.2, 0.25) is 0 Å². The van der Waals surface area contributed by atoms with Crippen LogP contribution in [0.5, 0.6) is 5.75 Å². The summed E-state index contributed by atoms with van der Waals surface area (Å²) in [4.78, 5) is 18.4. The molecular weight excluding hydrogens is 502 g/mol. The van der Waals surface area contributed by atoms with E-state index in [1.54, 1.807) is 17.9 Å². The molecule has 1 N–H and O–H groups in total. The maximum absolute atomic E-state index is 13.9. The molecule has 0 atom stereocenters. The third-order valence-corrected chi connectivity index (χ3v) is 7.10. The highest BCUT2D eigenvalue weighted by molar-refractivity contribution is 5.76. The van der Waals surface area contributed by atoms with E-state index in [4.69, 9.17) is 4.74 Å². The monoisotopic (exact) mass is 537 g/mol. The minimum atomic E-state index is -0.157. The summed E-state index contributed by atoms with van der Waals surface area (Å²) in [7, 11) is 1.65. The van der Waals surface area contributed by atoms with Gasteiger partial charge in [-0.1, -0.05) is 70.5 Å². The standard InChI is InChI=1S/C31H35N7O2/c1-6-9-23-20-38(28-25(31(2,3)4)11-7-12-26(28)40-5)30(39)37(23)19-17-21-13-15-22(16-14-21)27-24(10-8-18-32-27)29-33-35-36-34-29/h7-8,10-16,18,20H,6,9,17,19H2,1-5H3,(H,33,34,35,36). The van der Waals surface area contributed by atoms with Gasteiger partial charge in [-0.05, 0) is 58.0 Å². The first kappa shape index (κ1) is 27.1. The number of aryl methyl sites for hydroxylation is 2. The summed E-state index contributed by atoms with van der Waals surface area (Å²) in [5.74, 6) is 1.27. The Balaban J connectivity index is 1.44. The number of aromatic amines is 1. The molecule has 0 amide bonds. The quantitative estimate of drug-likeness (QED) is 0.271. The minimum absolute atomic E-state index is 0.0473. The van der Waals surface area contributed by atoms with Crippen molar-refractivity contribution in [2.24, 2.45) is 0 Å². The van der Waals surface area contributed by atoms with Crippen LogP contribution in [0, 0.1) is 0 Å². The maximum Gasteiger partial charge on any atom is 0.333 e. The van der Waals surface area contributed by atoms with Gasteiger partial charge in [0.1, 0.15) is 5.75 Å². The van der Waals surface area contributed by atoms with Gasteiger partial charge in [0.25, 0.3) is 0 Å². The molecule has 5 rings (SSSR count). The molecule has 0 saturated heterocycles. The number of benzene rings is 2. The molecule has 0 saturated carbocycles. The van der Waals surface area contributed by atoms with Crippen LogP contribution in [0.15, 0.2) is 71.8 Å². The maximum atomic E-state index is 13.9. The van der Waals surface area contributed by atoms with E-state index >= 15 is 0 Å². The SMILES string of the molecule is CCCc1cn(-c2c(OC)cccc2C(C)(C)C)c(=O)n1CCc1ccc(-c2ncccc2-c2nnn[nH]2)cc1. The Labute approximate surface area is 233 Å². The molecule has 0 spiro atoms. The first-order valence-electron chi connectivity index (χ1n) is 13.6. The molecule has 3 aromatic heterocycles. The molecule has 0 radical (unpaired) electrons. The number of pyridine rings is 1. The van der Waals surface area contributed by atoms with Crippen molar-refractivity contribution in [2.45, 2.75) is 58.9 Å². The third kappa shape index (κ3) is 5.32. The van der Waals surface area contributed by atoms with E-state index in [1.165, 1.54) is 0 Å². The van der Waals surface area contributed by atoms with Crippen LogP contribution in [0.1, 0.15) is 50.9 Å². The summed E-state index contributed by atoms with van der Waals surface area (Å²) in [5, 5.41) is 14.2. The summed E-state index contributed by atoms with van der Waals surface area (Å²) in [6.07, 6.45) is 6.24. The fraction of sp³-hybridized carbons (Fsp3) is 0.323. The highest BCUT2D eigenvalue weighted by Gasteiger charge is 2.24. The summed E-state index contributed by atoms with van der Waals surface area (Å²) < 4.78 is 9.40. The van der Waals surface area contributed by atoms with Crippen LogP contribution in [0.2, 0.25) is 0 Å². The van der Waals surface area contributed by atoms with Crippen molar-refractivity contribution in [3.8, 4) is 34.1 Å². The lowest BCUT2D eigenvalue weighted by Gasteiger charge is -2.24. The Morgan fingerprint density at radius 2 is 1.80 bits per heavy atom. The first-order chi connectivity index (χ1) is 19.3. The van der Waals surface area contributed by atoms with E-state index in [-0.39, 0.29) is 11.1 Å². The average Bonchev–Trinajstić information content (AvgIpc) is 3.60. The van der Waals surface area contributed by atoms with Crippen molar-refractivity contribution >= 4 is 0 Å². The highest BCUT2D eigenvalue weighted by Crippen LogP contribution is 2.34. The van der Waals surface area contributed by atoms with E-state index in [1.807, 2.05) is 35.0 Å². The van der Waals surface area contributed by atoms with Gasteiger partial charge in [-0.3, -0.25) is 14.1 Å². The van der Waals surface area contributed by atoms with E-state index in [9.17, 15) is 4.79 Å². The lowest BCUT2D eigenvalue weighted by molar-refractivity contribution is 0.410. The van der Waals surface area contributed by atoms with Gasteiger partial charge in [-0.2, -0.15) is 0 Å². The van der Waals surface area contributed by atoms with Gasteiger partial charge in [0.15, 0.2) is 5.82 Å². The molecule has 0 unspecified atom stereocenters. The molecule has 0 aliphatic carbocycles. The molecule has 40 heavy (non-hydrogen) atoms. The number of para-hydroxylation sites is 1. The highest BCUT2D eigenvalue weighted by atomic mass is 16.5. The van der Waals surface area contributed by atoms with Gasteiger partial charge in [-0.15, -0.1) is 5.10 Å². The molecule has 0 bridgehead atoms. The zero-order valence-corrected chi connectivity index (χ0v) is 23.7. The number of aromatic nitrogens is 7. The molecule has 206 valence electrons. The van der Waals surface area contributed by atoms with Crippen LogP contribution in [0.4, 0.5) is 0 Å². The molecule has 2 aromatic carbocycles. The summed E-state index contributed by atoms with van der Waals surface area (Å²) in [6.45, 7) is 9.18. The number of rotatable bonds is 9. The number of imidazole rings is 1. The number of ether oxygens (including phenoxy) is 1. The lowest BCUT2D eigenvalue weighted by atomic mass is 9.85. The van der Waals surface area contributed by atoms with Gasteiger partial charge in [0, 0.05) is 35.8 Å². The second-order valence-corrected chi connectivity index (χ2v) is 10.9. The molecule has 0 aliphatic heterocycles. The third-order valence-electron chi connectivity index (χ3n) is 7.10. The fourth-order valence-corrected chi connectivity index (χ4v) is 5.09. The topological polar surface area (TPSA) is 104 Å². The van der Waals surface area contributed by atoms with Gasteiger partial charge in [0.05, 0.1) is 18.5 Å². The normalized spacial score (nSPS) is 11.6. The van der Waals surface area contributed by atoms with Crippen LogP contribution >= 0.6 is 0 Å². The van der Waals surface area contributed by atoms with Crippen molar-refractivity contribution in [1.82, 2.24) is 34.7 Å². The van der Waals surface area contributed by atoms with Crippen molar-refractivity contribution in [2.75, 3.05) is 7.11 Å². The number of nitrogens with zero attached hydrogens (tertiary/aromatic N) is 6. The summed E-state index contributed by atoms with van der Waals surface area (Å²) in [6, 6.07) is 18.1. The Kier molecular flexibility index (Phi) is 7.64. The molecular formula is C31H35N7O2. The molecule has 9 heteroatoms. The van der Waals surface area contributed by atoms with E-state index in [2.05, 4.69) is 83.6 Å². The predicted octanol–water partition coefficient (Wildman–Crippen LogP) is 5.38. The number of methoxy groups -OCH3 is 1. The molecule has 5 aromatic rings. The fourth-order valence-electron chi connectivity index (χ4n) is 5.09. The van der Waals surface area contributed by atoms with Crippen molar-refractivity contribution in [1.29, 1.82) is 0 Å². The van der Waals surface area contributed by atoms with Crippen LogP contribution in [-0.2, 0) is 24.8 Å². The number of hydrogen-bond donors (Lipinski definition) is 1. The minimum Gasteiger partial charge on any atom is -0.495 e. The molecule has 3 heterocycles. The van der Waals surface area contributed by atoms with Gasteiger partial charge < -0.3 is 4.74 Å². The van der Waals surface area contributed by atoms with Gasteiger partial charge >= 0.3 is 5.69 Å². The first-order valence-corrected chi connectivity index (χ1v) is 13.6. The zero-order valence-electron chi connectivity index (χ0n) is 23.7. The Bertz CT molecular complexity index is 1640. The van der Waals surface area contributed by atoms with Crippen LogP contribution in [0.25, 0.3) is 28.3 Å². The molecule has 0 fully saturated rings.